The summed E-state index contributed by atoms with van der Waals surface area (Å²) in [6.07, 6.45) is 4.32. The molecule has 0 bridgehead atoms. The van der Waals surface area contributed by atoms with E-state index in [4.69, 9.17) is 4.42 Å². The Balaban J connectivity index is 1.61. The van der Waals surface area contributed by atoms with Crippen LogP contribution in [0.15, 0.2) is 77.6 Å². The monoisotopic (exact) mass is 477 g/mol. The summed E-state index contributed by atoms with van der Waals surface area (Å²) in [5.74, 6) is 0.305. The molecule has 0 aliphatic rings. The van der Waals surface area contributed by atoms with Crippen LogP contribution >= 0.6 is 0 Å². The van der Waals surface area contributed by atoms with Crippen LogP contribution in [0.2, 0.25) is 0 Å². The first-order chi connectivity index (χ1) is 16.4. The summed E-state index contributed by atoms with van der Waals surface area (Å²) in [4.78, 5) is 8.79. The third-order valence-electron chi connectivity index (χ3n) is 5.23. The van der Waals surface area contributed by atoms with Gasteiger partial charge in [0, 0.05) is 29.4 Å². The molecule has 0 unspecified atom stereocenters. The molecule has 0 atom stereocenters. The third-order valence-corrected chi connectivity index (χ3v) is 5.96. The molecule has 1 N–H and O–H groups in total. The van der Waals surface area contributed by atoms with Gasteiger partial charge in [0.25, 0.3) is 0 Å². The first-order valence-corrected chi connectivity index (χ1v) is 12.3. The molecule has 172 valence electrons. The second kappa shape index (κ2) is 8.81. The van der Waals surface area contributed by atoms with E-state index in [2.05, 4.69) is 19.8 Å². The molecule has 0 radical (unpaired) electrons. The summed E-state index contributed by atoms with van der Waals surface area (Å²) in [5.41, 5.74) is 3.93. The van der Waals surface area contributed by atoms with Crippen molar-refractivity contribution in [3.8, 4) is 33.8 Å². The largest absolute Gasteiger partial charge is 0.438 e. The third kappa shape index (κ3) is 4.59. The molecule has 3 heterocycles. The molecule has 2 aromatic carbocycles. The Hall–Kier alpha value is -3.89. The molecule has 0 aliphatic carbocycles. The van der Waals surface area contributed by atoms with Gasteiger partial charge in [0.05, 0.1) is 23.9 Å². The predicted octanol–water partition coefficient (Wildman–Crippen LogP) is 4.11. The molecule has 3 aromatic heterocycles. The normalized spacial score (nSPS) is 11.8. The van der Waals surface area contributed by atoms with E-state index in [9.17, 15) is 12.8 Å². The van der Waals surface area contributed by atoms with Crippen LogP contribution in [0.5, 0.6) is 0 Å². The van der Waals surface area contributed by atoms with Gasteiger partial charge in [0.1, 0.15) is 23.6 Å². The molecule has 0 aliphatic heterocycles. The molecule has 0 fully saturated rings. The molecule has 8 nitrogen and oxygen atoms in total. The van der Waals surface area contributed by atoms with Crippen molar-refractivity contribution in [1.29, 1.82) is 0 Å². The maximum Gasteiger partial charge on any atom is 0.230 e. The Morgan fingerprint density at radius 3 is 2.50 bits per heavy atom. The number of nitrogens with zero attached hydrogens (tertiary/aromatic N) is 4. The highest BCUT2D eigenvalue weighted by Crippen LogP contribution is 2.36. The van der Waals surface area contributed by atoms with Crippen molar-refractivity contribution >= 4 is 21.1 Å². The van der Waals surface area contributed by atoms with Gasteiger partial charge < -0.3 is 4.42 Å². The highest BCUT2D eigenvalue weighted by molar-refractivity contribution is 7.88. The van der Waals surface area contributed by atoms with Gasteiger partial charge in [0.2, 0.25) is 15.7 Å². The minimum atomic E-state index is -3.32. The van der Waals surface area contributed by atoms with Crippen LogP contribution in [0.4, 0.5) is 4.39 Å². The van der Waals surface area contributed by atoms with Gasteiger partial charge in [-0.2, -0.15) is 5.10 Å². The highest BCUT2D eigenvalue weighted by atomic mass is 32.2. The Morgan fingerprint density at radius 1 is 1.00 bits per heavy atom. The van der Waals surface area contributed by atoms with Gasteiger partial charge in [0.15, 0.2) is 0 Å². The van der Waals surface area contributed by atoms with E-state index in [1.165, 1.54) is 18.5 Å². The Labute approximate surface area is 195 Å². The lowest BCUT2D eigenvalue weighted by atomic mass is 10.0. The number of hydrogen-bond donors (Lipinski definition) is 1. The van der Waals surface area contributed by atoms with E-state index in [1.807, 2.05) is 36.4 Å². The van der Waals surface area contributed by atoms with Gasteiger partial charge in [-0.05, 0) is 30.3 Å². The van der Waals surface area contributed by atoms with Crippen LogP contribution < -0.4 is 4.72 Å². The van der Waals surface area contributed by atoms with Gasteiger partial charge in [-0.15, -0.1) is 0 Å². The number of nitrogens with one attached hydrogen (secondary N) is 1. The molecule has 5 aromatic rings. The highest BCUT2D eigenvalue weighted by Gasteiger charge is 2.20. The summed E-state index contributed by atoms with van der Waals surface area (Å²) in [5, 5.41) is 5.35. The molecule has 5 rings (SSSR count). The number of benzene rings is 2. The minimum Gasteiger partial charge on any atom is -0.438 e. The second-order valence-corrected chi connectivity index (χ2v) is 9.58. The van der Waals surface area contributed by atoms with Crippen molar-refractivity contribution in [3.63, 3.8) is 0 Å². The van der Waals surface area contributed by atoms with E-state index in [-0.39, 0.29) is 12.4 Å². The van der Waals surface area contributed by atoms with Crippen molar-refractivity contribution in [2.24, 2.45) is 0 Å². The van der Waals surface area contributed by atoms with E-state index < -0.39 is 10.0 Å². The van der Waals surface area contributed by atoms with Gasteiger partial charge in [-0.3, -0.25) is 4.68 Å². The number of furan rings is 1. The van der Waals surface area contributed by atoms with Gasteiger partial charge >= 0.3 is 0 Å². The summed E-state index contributed by atoms with van der Waals surface area (Å²) >= 11 is 0. The number of hydrogen-bond acceptors (Lipinski definition) is 6. The molecule has 34 heavy (non-hydrogen) atoms. The fraction of sp³-hybridized carbons (Fsp3) is 0.125. The standard InChI is InChI=1S/C24H20FN5O3S/c1-34(31,32)28-11-12-30-14-20(22(29-30)17-7-9-18(25)10-8-17)23-19-13-21(16-5-3-2-4-6-16)33-24(19)27-15-26-23/h2-10,13-15,28H,11-12H2,1H3. The maximum atomic E-state index is 13.6. The molecule has 10 heteroatoms. The lowest BCUT2D eigenvalue weighted by Crippen LogP contribution is -2.26. The van der Waals surface area contributed by atoms with Crippen LogP contribution in [0.3, 0.4) is 0 Å². The quantitative estimate of drug-likeness (QED) is 0.378. The number of sulfonamides is 1. The van der Waals surface area contributed by atoms with Crippen molar-refractivity contribution in [2.45, 2.75) is 6.54 Å². The Morgan fingerprint density at radius 2 is 1.76 bits per heavy atom. The minimum absolute atomic E-state index is 0.172. The summed E-state index contributed by atoms with van der Waals surface area (Å²) in [7, 11) is -3.32. The number of aromatic nitrogens is 4. The zero-order valence-electron chi connectivity index (χ0n) is 18.1. The number of fused-ring (bicyclic) bond motifs is 1. The average molecular weight is 478 g/mol. The smallest absolute Gasteiger partial charge is 0.230 e. The van der Waals surface area contributed by atoms with Crippen LogP contribution in [0, 0.1) is 5.82 Å². The Bertz CT molecular complexity index is 1560. The molecule has 0 spiro atoms. The molecule has 0 saturated heterocycles. The number of rotatable bonds is 7. The van der Waals surface area contributed by atoms with Gasteiger partial charge in [-0.1, -0.05) is 30.3 Å². The average Bonchev–Trinajstić information content (AvgIpc) is 3.44. The lowest BCUT2D eigenvalue weighted by Gasteiger charge is -2.03. The van der Waals surface area contributed by atoms with Crippen LogP contribution in [-0.4, -0.2) is 41.0 Å². The zero-order chi connectivity index (χ0) is 23.7. The van der Waals surface area contributed by atoms with E-state index in [1.54, 1.807) is 23.0 Å². The zero-order valence-corrected chi connectivity index (χ0v) is 19.0. The molecular formula is C24H20FN5O3S. The van der Waals surface area contributed by atoms with E-state index in [0.29, 0.717) is 45.9 Å². The summed E-state index contributed by atoms with van der Waals surface area (Å²) in [6, 6.07) is 17.6. The molecule has 0 amide bonds. The van der Waals surface area contributed by atoms with E-state index >= 15 is 0 Å². The van der Waals surface area contributed by atoms with Crippen molar-refractivity contribution in [3.05, 3.63) is 79.0 Å². The van der Waals surface area contributed by atoms with Crippen LogP contribution in [0.1, 0.15) is 0 Å². The Kier molecular flexibility index (Phi) is 5.68. The number of halogens is 1. The van der Waals surface area contributed by atoms with E-state index in [0.717, 1.165) is 11.8 Å². The van der Waals surface area contributed by atoms with Crippen LogP contribution in [-0.2, 0) is 16.6 Å². The molecular weight excluding hydrogens is 457 g/mol. The maximum absolute atomic E-state index is 13.6. The lowest BCUT2D eigenvalue weighted by molar-refractivity contribution is 0.566. The van der Waals surface area contributed by atoms with Crippen molar-refractivity contribution in [1.82, 2.24) is 24.5 Å². The van der Waals surface area contributed by atoms with Gasteiger partial charge in [-0.25, -0.2) is 27.5 Å². The first-order valence-electron chi connectivity index (χ1n) is 10.5. The van der Waals surface area contributed by atoms with Crippen LogP contribution in [0.25, 0.3) is 44.9 Å². The molecule has 0 saturated carbocycles. The predicted molar refractivity (Wildman–Crippen MR) is 127 cm³/mol. The second-order valence-electron chi connectivity index (χ2n) is 7.75. The summed E-state index contributed by atoms with van der Waals surface area (Å²) < 4.78 is 46.5. The summed E-state index contributed by atoms with van der Waals surface area (Å²) in [6.45, 7) is 0.474. The van der Waals surface area contributed by atoms with Crippen molar-refractivity contribution < 1.29 is 17.2 Å². The topological polar surface area (TPSA) is 103 Å². The van der Waals surface area contributed by atoms with Crippen molar-refractivity contribution in [2.75, 3.05) is 12.8 Å². The first kappa shape index (κ1) is 21.9. The fourth-order valence-corrected chi connectivity index (χ4v) is 4.15. The fourth-order valence-electron chi connectivity index (χ4n) is 3.69. The SMILES string of the molecule is CS(=O)(=O)NCCn1cc(-c2ncnc3oc(-c4ccccc4)cc23)c(-c2ccc(F)cc2)n1.